The molecule has 1 heterocycles. The normalized spacial score (nSPS) is 19.0. The summed E-state index contributed by atoms with van der Waals surface area (Å²) >= 11 is 1.58. The Morgan fingerprint density at radius 2 is 1.88 bits per heavy atom. The van der Waals surface area contributed by atoms with Gasteiger partial charge in [0, 0.05) is 51.8 Å². The minimum absolute atomic E-state index is 0.0771. The van der Waals surface area contributed by atoms with Gasteiger partial charge in [-0.05, 0) is 45.2 Å². The number of allylic oxidation sites excluding steroid dienone is 1. The Labute approximate surface area is 199 Å². The van der Waals surface area contributed by atoms with Crippen LogP contribution in [0.25, 0.3) is 0 Å². The molecule has 1 aliphatic heterocycles. The zero-order valence-corrected chi connectivity index (χ0v) is 21.4. The molecule has 1 fully saturated rings. The summed E-state index contributed by atoms with van der Waals surface area (Å²) in [6.45, 7) is 24.8. The standard InChI is InChI=1S/C28H39N3S/c1-9-29-27(32-23(6)21(4)30-24-13-11-10-12-14-24)20(3)22(5)31-18-28(7,8)25-17-19(2)15-16-26(25)31/h9,15-17,24,30H,4-6,10-14,18H2,1-3,7-8H3/b27-20+,29-9-. The Morgan fingerprint density at radius 1 is 1.19 bits per heavy atom. The number of anilines is 1. The van der Waals surface area contributed by atoms with Gasteiger partial charge in [0.15, 0.2) is 0 Å². The first-order valence-electron chi connectivity index (χ1n) is 11.7. The fraction of sp³-hybridized carbons (Fsp3) is 0.464. The number of rotatable bonds is 8. The monoisotopic (exact) mass is 449 g/mol. The molecule has 1 saturated carbocycles. The van der Waals surface area contributed by atoms with Gasteiger partial charge in [-0.2, -0.15) is 0 Å². The van der Waals surface area contributed by atoms with E-state index in [1.807, 2.05) is 13.1 Å². The summed E-state index contributed by atoms with van der Waals surface area (Å²) in [7, 11) is 0. The van der Waals surface area contributed by atoms with Gasteiger partial charge < -0.3 is 10.2 Å². The molecule has 0 unspecified atom stereocenters. The summed E-state index contributed by atoms with van der Waals surface area (Å²) < 4.78 is 0. The van der Waals surface area contributed by atoms with E-state index >= 15 is 0 Å². The van der Waals surface area contributed by atoms with Crippen LogP contribution in [-0.2, 0) is 5.41 Å². The van der Waals surface area contributed by atoms with E-state index in [4.69, 9.17) is 4.99 Å². The van der Waals surface area contributed by atoms with E-state index in [0.717, 1.165) is 33.4 Å². The molecule has 0 saturated heterocycles. The lowest BCUT2D eigenvalue weighted by Crippen LogP contribution is -2.30. The number of benzene rings is 1. The van der Waals surface area contributed by atoms with Crippen molar-refractivity contribution in [1.29, 1.82) is 0 Å². The Bertz CT molecular complexity index is 961. The molecule has 1 aromatic rings. The molecule has 32 heavy (non-hydrogen) atoms. The summed E-state index contributed by atoms with van der Waals surface area (Å²) in [5.41, 5.74) is 6.98. The number of nitrogens with zero attached hydrogens (tertiary/aromatic N) is 2. The molecule has 3 rings (SSSR count). The highest BCUT2D eigenvalue weighted by Crippen LogP contribution is 2.44. The molecule has 172 valence electrons. The summed E-state index contributed by atoms with van der Waals surface area (Å²) in [6, 6.07) is 7.23. The molecule has 0 bridgehead atoms. The second-order valence-electron chi connectivity index (χ2n) is 9.74. The number of thioether (sulfide) groups is 1. The van der Waals surface area contributed by atoms with Crippen molar-refractivity contribution in [1.82, 2.24) is 5.32 Å². The Kier molecular flexibility index (Phi) is 7.76. The first-order valence-corrected chi connectivity index (χ1v) is 12.6. The third-order valence-corrected chi connectivity index (χ3v) is 7.69. The van der Waals surface area contributed by atoms with Crippen LogP contribution in [-0.4, -0.2) is 18.8 Å². The first-order chi connectivity index (χ1) is 15.1. The zero-order chi connectivity index (χ0) is 23.5. The number of aryl methyl sites for hydroxylation is 1. The van der Waals surface area contributed by atoms with Crippen molar-refractivity contribution in [2.45, 2.75) is 78.2 Å². The van der Waals surface area contributed by atoms with Crippen LogP contribution in [0.1, 0.15) is 70.9 Å². The van der Waals surface area contributed by atoms with Crippen LogP contribution in [0.4, 0.5) is 5.69 Å². The van der Waals surface area contributed by atoms with E-state index in [-0.39, 0.29) is 5.41 Å². The average molecular weight is 450 g/mol. The Balaban J connectivity index is 1.79. The van der Waals surface area contributed by atoms with Gasteiger partial charge in [-0.3, -0.25) is 4.99 Å². The van der Waals surface area contributed by atoms with E-state index in [0.29, 0.717) is 6.04 Å². The summed E-state index contributed by atoms with van der Waals surface area (Å²) in [5.74, 6) is 0. The molecule has 1 aromatic carbocycles. The largest absolute Gasteiger partial charge is 0.382 e. The number of hydrogen-bond acceptors (Lipinski definition) is 4. The molecule has 0 radical (unpaired) electrons. The van der Waals surface area contributed by atoms with Crippen LogP contribution >= 0.6 is 11.8 Å². The number of hydrogen-bond donors (Lipinski definition) is 1. The molecule has 0 spiro atoms. The van der Waals surface area contributed by atoms with Gasteiger partial charge >= 0.3 is 0 Å². The van der Waals surface area contributed by atoms with Gasteiger partial charge in [-0.25, -0.2) is 0 Å². The van der Waals surface area contributed by atoms with Crippen LogP contribution in [0.3, 0.4) is 0 Å². The van der Waals surface area contributed by atoms with Crippen LogP contribution in [0, 0.1) is 6.92 Å². The van der Waals surface area contributed by atoms with Crippen molar-refractivity contribution < 1.29 is 0 Å². The minimum Gasteiger partial charge on any atom is -0.382 e. The Morgan fingerprint density at radius 3 is 2.53 bits per heavy atom. The molecule has 1 aliphatic carbocycles. The summed E-state index contributed by atoms with van der Waals surface area (Å²) in [6.07, 6.45) is 8.20. The lowest BCUT2D eigenvalue weighted by molar-refractivity contribution is 0.399. The van der Waals surface area contributed by atoms with Crippen LogP contribution in [0.15, 0.2) is 69.8 Å². The SMILES string of the molecule is C=C(NC1CCCCC1)C(=C)SC(/N=C\C)=C(\C)C(=C)N1CC(C)(C)c2cc(C)ccc21. The lowest BCUT2D eigenvalue weighted by atomic mass is 9.86. The van der Waals surface area contributed by atoms with Crippen molar-refractivity contribution in [3.63, 3.8) is 0 Å². The maximum absolute atomic E-state index is 4.69. The molecule has 0 aromatic heterocycles. The topological polar surface area (TPSA) is 27.6 Å². The molecule has 0 amide bonds. The maximum Gasteiger partial charge on any atom is 0.105 e. The number of aliphatic imine (C=N–C) groups is 1. The quantitative estimate of drug-likeness (QED) is 0.327. The van der Waals surface area contributed by atoms with E-state index in [2.05, 4.69) is 75.8 Å². The first kappa shape index (κ1) is 24.4. The molecular formula is C28H39N3S. The van der Waals surface area contributed by atoms with Crippen LogP contribution < -0.4 is 10.2 Å². The predicted octanol–water partition coefficient (Wildman–Crippen LogP) is 7.61. The molecule has 2 aliphatic rings. The van der Waals surface area contributed by atoms with E-state index in [1.165, 1.54) is 48.9 Å². The fourth-order valence-electron chi connectivity index (χ4n) is 4.63. The van der Waals surface area contributed by atoms with E-state index in [9.17, 15) is 0 Å². The van der Waals surface area contributed by atoms with Crippen molar-refractivity contribution in [2.24, 2.45) is 4.99 Å². The average Bonchev–Trinajstić information content (AvgIpc) is 3.03. The van der Waals surface area contributed by atoms with Crippen molar-refractivity contribution in [3.05, 3.63) is 76.0 Å². The van der Waals surface area contributed by atoms with Gasteiger partial charge in [-0.1, -0.05) is 82.3 Å². The van der Waals surface area contributed by atoms with Crippen molar-refractivity contribution in [2.75, 3.05) is 11.4 Å². The molecule has 3 nitrogen and oxygen atoms in total. The minimum atomic E-state index is 0.0771. The van der Waals surface area contributed by atoms with Gasteiger partial charge in [0.05, 0.1) is 0 Å². The highest BCUT2D eigenvalue weighted by atomic mass is 32.2. The smallest absolute Gasteiger partial charge is 0.105 e. The van der Waals surface area contributed by atoms with Gasteiger partial charge in [-0.15, -0.1) is 0 Å². The van der Waals surface area contributed by atoms with Crippen LogP contribution in [0.5, 0.6) is 0 Å². The van der Waals surface area contributed by atoms with E-state index in [1.54, 1.807) is 11.8 Å². The molecular weight excluding hydrogens is 410 g/mol. The van der Waals surface area contributed by atoms with Gasteiger partial charge in [0.2, 0.25) is 0 Å². The summed E-state index contributed by atoms with van der Waals surface area (Å²) in [4.78, 5) is 7.95. The van der Waals surface area contributed by atoms with Crippen molar-refractivity contribution >= 4 is 23.7 Å². The van der Waals surface area contributed by atoms with Gasteiger partial charge in [0.25, 0.3) is 0 Å². The summed E-state index contributed by atoms with van der Waals surface area (Å²) in [5, 5.41) is 4.52. The Hall–Kier alpha value is -2.20. The van der Waals surface area contributed by atoms with Crippen LogP contribution in [0.2, 0.25) is 0 Å². The lowest BCUT2D eigenvalue weighted by Gasteiger charge is -2.27. The second kappa shape index (κ2) is 10.2. The molecule has 4 heteroatoms. The molecule has 0 atom stereocenters. The maximum atomic E-state index is 4.69. The second-order valence-corrected chi connectivity index (χ2v) is 10.8. The third kappa shape index (κ3) is 5.40. The highest BCUT2D eigenvalue weighted by molar-refractivity contribution is 8.06. The number of fused-ring (bicyclic) bond motifs is 1. The number of nitrogens with one attached hydrogen (secondary N) is 1. The predicted molar refractivity (Wildman–Crippen MR) is 143 cm³/mol. The highest BCUT2D eigenvalue weighted by Gasteiger charge is 2.36. The van der Waals surface area contributed by atoms with Crippen molar-refractivity contribution in [3.8, 4) is 0 Å². The zero-order valence-electron chi connectivity index (χ0n) is 20.6. The van der Waals surface area contributed by atoms with E-state index < -0.39 is 0 Å². The van der Waals surface area contributed by atoms with Gasteiger partial charge in [0.1, 0.15) is 5.03 Å². The third-order valence-electron chi connectivity index (χ3n) is 6.59. The molecule has 1 N–H and O–H groups in total. The fourth-order valence-corrected chi connectivity index (χ4v) is 5.47.